The van der Waals surface area contributed by atoms with Gasteiger partial charge in [0.1, 0.15) is 12.1 Å². The first-order valence-electron chi connectivity index (χ1n) is 16.7. The fourth-order valence-corrected chi connectivity index (χ4v) is 9.19. The lowest BCUT2D eigenvalue weighted by atomic mass is 9.73. The zero-order chi connectivity index (χ0) is 32.2. The van der Waals surface area contributed by atoms with E-state index in [1.165, 1.54) is 0 Å². The van der Waals surface area contributed by atoms with Crippen molar-refractivity contribution in [2.24, 2.45) is 33.3 Å². The maximum atomic E-state index is 14.5. The van der Waals surface area contributed by atoms with Crippen LogP contribution in [0.3, 0.4) is 0 Å². The quantitative estimate of drug-likeness (QED) is 0.250. The van der Waals surface area contributed by atoms with Gasteiger partial charge in [-0.2, -0.15) is 0 Å². The van der Waals surface area contributed by atoms with Gasteiger partial charge in [0.25, 0.3) is 5.91 Å². The predicted molar refractivity (Wildman–Crippen MR) is 164 cm³/mol. The van der Waals surface area contributed by atoms with Crippen LogP contribution in [0.25, 0.3) is 0 Å². The van der Waals surface area contributed by atoms with E-state index in [2.05, 4.69) is 29.8 Å². The summed E-state index contributed by atoms with van der Waals surface area (Å²) in [5.41, 5.74) is 4.48. The summed E-state index contributed by atoms with van der Waals surface area (Å²) >= 11 is 0. The summed E-state index contributed by atoms with van der Waals surface area (Å²) in [6.45, 7) is 10.6. The topological polar surface area (TPSA) is 171 Å². The highest BCUT2D eigenvalue weighted by Gasteiger charge is 2.85. The minimum Gasteiger partial charge on any atom is -0.393 e. The number of aliphatic hydroxyl groups is 1. The van der Waals surface area contributed by atoms with Crippen molar-refractivity contribution in [1.29, 1.82) is 0 Å². The number of urea groups is 1. The number of ketones is 1. The Kier molecular flexibility index (Phi) is 8.61. The summed E-state index contributed by atoms with van der Waals surface area (Å²) in [7, 11) is 0. The van der Waals surface area contributed by atoms with Crippen molar-refractivity contribution in [3.8, 4) is 0 Å². The second-order valence-corrected chi connectivity index (χ2v) is 16.1. The van der Waals surface area contributed by atoms with Crippen LogP contribution in [0.2, 0.25) is 0 Å². The maximum absolute atomic E-state index is 14.5. The zero-order valence-electron chi connectivity index (χ0n) is 27.2. The number of Topliss-reactive ketones (excluding diaryl/α,β-unsaturated/α-hetero) is 1. The van der Waals surface area contributed by atoms with Gasteiger partial charge in [0, 0.05) is 18.0 Å². The Morgan fingerprint density at radius 2 is 1.57 bits per heavy atom. The van der Waals surface area contributed by atoms with E-state index in [0.717, 1.165) is 38.5 Å². The highest BCUT2D eigenvalue weighted by atomic mass is 16.3. The number of hydrogen-bond acceptors (Lipinski definition) is 6. The molecule has 1 saturated heterocycles. The molecule has 246 valence electrons. The second-order valence-electron chi connectivity index (χ2n) is 16.1. The van der Waals surface area contributed by atoms with Gasteiger partial charge in [0.15, 0.2) is 0 Å². The van der Waals surface area contributed by atoms with E-state index >= 15 is 0 Å². The summed E-state index contributed by atoms with van der Waals surface area (Å²) in [5, 5.41) is 18.6. The molecule has 0 radical (unpaired) electrons. The highest BCUT2D eigenvalue weighted by molar-refractivity contribution is 6.37. The van der Waals surface area contributed by atoms with E-state index in [4.69, 9.17) is 5.73 Å². The smallest absolute Gasteiger partial charge is 0.315 e. The van der Waals surface area contributed by atoms with Gasteiger partial charge in [-0.1, -0.05) is 60.3 Å². The number of hydrogen-bond donors (Lipinski definition) is 5. The van der Waals surface area contributed by atoms with Crippen molar-refractivity contribution in [3.05, 3.63) is 0 Å². The molecule has 1 aliphatic heterocycles. The third-order valence-electron chi connectivity index (χ3n) is 12.5. The van der Waals surface area contributed by atoms with E-state index in [9.17, 15) is 29.1 Å². The molecule has 6 N–H and O–H groups in total. The molecule has 4 aliphatic carbocycles. The Morgan fingerprint density at radius 3 is 2.05 bits per heavy atom. The van der Waals surface area contributed by atoms with Crippen LogP contribution < -0.4 is 21.7 Å². The number of fused-ring (bicyclic) bond motifs is 1. The third kappa shape index (κ3) is 5.51. The first-order valence-corrected chi connectivity index (χ1v) is 16.7. The van der Waals surface area contributed by atoms with Gasteiger partial charge >= 0.3 is 6.03 Å². The zero-order valence-corrected chi connectivity index (χ0v) is 27.2. The number of carbonyl (C=O) groups is 5. The summed E-state index contributed by atoms with van der Waals surface area (Å²) in [4.78, 5) is 68.1. The number of primary amides is 1. The fourth-order valence-electron chi connectivity index (χ4n) is 9.19. The molecule has 5 aliphatic rings. The standard InChI is InChI=1S/C33H53N5O6/c1-30(2,3)25(37-29(44)35-20-10-12-21(39)13-11-20)28(43)38-18-33(31(4,5)32(33)14-7-15-32)17-23(38)27(42)36-22(24(40)26(34)41)16-19-8-6-9-19/h19-23,25,39H,6-18H2,1-5H3,(H2,34,41)(H,36,42)(H2,35,37,44)/t20?,21?,22?,23-,25-,33+/m0/s1. The third-order valence-corrected chi connectivity index (χ3v) is 12.5. The molecule has 1 unspecified atom stereocenters. The molecular formula is C33H53N5O6. The summed E-state index contributed by atoms with van der Waals surface area (Å²) < 4.78 is 0. The number of rotatable bonds is 9. The predicted octanol–water partition coefficient (Wildman–Crippen LogP) is 2.53. The van der Waals surface area contributed by atoms with Gasteiger partial charge in [-0.25, -0.2) is 4.79 Å². The van der Waals surface area contributed by atoms with E-state index in [0.29, 0.717) is 45.1 Å². The Labute approximate surface area is 261 Å². The van der Waals surface area contributed by atoms with Crippen LogP contribution in [-0.2, 0) is 19.2 Å². The highest BCUT2D eigenvalue weighted by Crippen LogP contribution is 2.88. The molecule has 11 heteroatoms. The number of carbonyl (C=O) groups excluding carboxylic acids is 5. The molecule has 4 saturated carbocycles. The molecule has 0 aromatic carbocycles. The molecule has 5 rings (SSSR count). The lowest BCUT2D eigenvalue weighted by Crippen LogP contribution is -2.60. The van der Waals surface area contributed by atoms with Gasteiger partial charge < -0.3 is 31.7 Å². The van der Waals surface area contributed by atoms with Crippen molar-refractivity contribution in [1.82, 2.24) is 20.9 Å². The number of amides is 5. The lowest BCUT2D eigenvalue weighted by Gasteiger charge is -2.36. The van der Waals surface area contributed by atoms with Gasteiger partial charge in [-0.15, -0.1) is 0 Å². The lowest BCUT2D eigenvalue weighted by molar-refractivity contribution is -0.143. The first-order chi connectivity index (χ1) is 20.5. The van der Waals surface area contributed by atoms with Gasteiger partial charge in [0.05, 0.1) is 12.1 Å². The average molecular weight is 616 g/mol. The number of nitrogens with two attached hydrogens (primary N) is 1. The Hall–Kier alpha value is -2.69. The Morgan fingerprint density at radius 1 is 0.932 bits per heavy atom. The van der Waals surface area contributed by atoms with Crippen molar-refractivity contribution in [2.45, 2.75) is 142 Å². The minimum absolute atomic E-state index is 0.0617. The molecule has 44 heavy (non-hydrogen) atoms. The van der Waals surface area contributed by atoms with E-state index in [-0.39, 0.29) is 40.2 Å². The molecule has 5 fully saturated rings. The molecule has 11 nitrogen and oxygen atoms in total. The molecule has 0 aromatic heterocycles. The first kappa shape index (κ1) is 32.7. The molecule has 2 spiro atoms. The Balaban J connectivity index is 1.38. The average Bonchev–Trinajstić information content (AvgIpc) is 3.12. The second kappa shape index (κ2) is 11.6. The van der Waals surface area contributed by atoms with Gasteiger partial charge in [-0.05, 0) is 73.5 Å². The van der Waals surface area contributed by atoms with Crippen molar-refractivity contribution in [3.63, 3.8) is 0 Å². The molecule has 1 heterocycles. The van der Waals surface area contributed by atoms with Crippen LogP contribution in [-0.4, -0.2) is 76.4 Å². The molecular weight excluding hydrogens is 562 g/mol. The number of likely N-dealkylation sites (tertiary alicyclic amines) is 1. The van der Waals surface area contributed by atoms with Crippen LogP contribution in [0.1, 0.15) is 112 Å². The molecule has 5 amide bonds. The van der Waals surface area contributed by atoms with Crippen molar-refractivity contribution < 1.29 is 29.1 Å². The van der Waals surface area contributed by atoms with Gasteiger partial charge in [-0.3, -0.25) is 19.2 Å². The Bertz CT molecular complexity index is 1180. The number of aliphatic hydroxyl groups excluding tert-OH is 1. The summed E-state index contributed by atoms with van der Waals surface area (Å²) in [6, 6.07) is -3.27. The van der Waals surface area contributed by atoms with Gasteiger partial charge in [0.2, 0.25) is 17.6 Å². The summed E-state index contributed by atoms with van der Waals surface area (Å²) in [5.74, 6) is -2.39. The maximum Gasteiger partial charge on any atom is 0.315 e. The van der Waals surface area contributed by atoms with E-state index in [1.807, 2.05) is 20.8 Å². The molecule has 0 bridgehead atoms. The van der Waals surface area contributed by atoms with Crippen molar-refractivity contribution >= 4 is 29.5 Å². The molecule has 0 aromatic rings. The minimum atomic E-state index is -1.07. The fraction of sp³-hybridized carbons (Fsp3) is 0.848. The van der Waals surface area contributed by atoms with Crippen LogP contribution in [0.15, 0.2) is 0 Å². The van der Waals surface area contributed by atoms with Crippen LogP contribution >= 0.6 is 0 Å². The largest absolute Gasteiger partial charge is 0.393 e. The monoisotopic (exact) mass is 615 g/mol. The van der Waals surface area contributed by atoms with E-state index in [1.54, 1.807) is 4.90 Å². The molecule has 4 atom stereocenters. The number of nitrogens with one attached hydrogen (secondary N) is 3. The number of nitrogens with zero attached hydrogens (tertiary/aromatic N) is 1. The SMILES string of the molecule is CC(C)(C)[C@@H](NC(=O)NC1CCC(O)CC1)C(=O)N1C[C@]2(C[C@H]1C(=O)NC(CC1CCC1)C(=O)C(N)=O)C(C)(C)C21CCC1. The van der Waals surface area contributed by atoms with Crippen LogP contribution in [0.5, 0.6) is 0 Å². The van der Waals surface area contributed by atoms with Crippen LogP contribution in [0.4, 0.5) is 4.79 Å². The van der Waals surface area contributed by atoms with E-state index < -0.39 is 47.2 Å². The normalized spacial score (nSPS) is 31.8. The van der Waals surface area contributed by atoms with Crippen molar-refractivity contribution in [2.75, 3.05) is 6.54 Å². The summed E-state index contributed by atoms with van der Waals surface area (Å²) in [6.07, 6.45) is 9.24. The van der Waals surface area contributed by atoms with Crippen LogP contribution in [0, 0.1) is 27.6 Å².